The van der Waals surface area contributed by atoms with Gasteiger partial charge in [-0.1, -0.05) is 35.9 Å². The topological polar surface area (TPSA) is 102 Å². The summed E-state index contributed by atoms with van der Waals surface area (Å²) in [5.74, 6) is -1.49. The second kappa shape index (κ2) is 11.0. The minimum Gasteiger partial charge on any atom is -0.456 e. The molecule has 152 valence electrons. The third-order valence-corrected chi connectivity index (χ3v) is 4.18. The van der Waals surface area contributed by atoms with Gasteiger partial charge < -0.3 is 15.4 Å². The molecule has 2 amide bonds. The van der Waals surface area contributed by atoms with Crippen LogP contribution in [0.3, 0.4) is 0 Å². The summed E-state index contributed by atoms with van der Waals surface area (Å²) in [6, 6.07) is 13.3. The Balaban J connectivity index is 1.67. The van der Waals surface area contributed by atoms with Crippen molar-refractivity contribution in [1.82, 2.24) is 0 Å². The molecule has 0 fully saturated rings. The summed E-state index contributed by atoms with van der Waals surface area (Å²) in [5, 5.41) is 5.65. The standard InChI is InChI=1S/C21H21ClN2O5/c1-14(25)15-6-4-7-16(12-15)23-20(27)13-29-21(28)11-5-10-19(26)24-18-9-3-2-8-17(18)22/h2-4,6-9,12H,5,10-11,13H2,1H3,(H,23,27)(H,24,26). The molecule has 7 nitrogen and oxygen atoms in total. The number of para-hydroxylation sites is 1. The maximum Gasteiger partial charge on any atom is 0.306 e. The minimum absolute atomic E-state index is 0.00302. The van der Waals surface area contributed by atoms with Gasteiger partial charge in [0.2, 0.25) is 5.91 Å². The van der Waals surface area contributed by atoms with Crippen LogP contribution in [0.4, 0.5) is 11.4 Å². The molecule has 0 spiro atoms. The molecule has 2 aromatic carbocycles. The Kier molecular flexibility index (Phi) is 8.36. The summed E-state index contributed by atoms with van der Waals surface area (Å²) in [4.78, 5) is 46.8. The van der Waals surface area contributed by atoms with Crippen molar-refractivity contribution >= 4 is 46.5 Å². The highest BCUT2D eigenvalue weighted by Gasteiger charge is 2.11. The molecule has 2 aromatic rings. The van der Waals surface area contributed by atoms with E-state index in [1.165, 1.54) is 6.92 Å². The van der Waals surface area contributed by atoms with Gasteiger partial charge in [0.15, 0.2) is 12.4 Å². The molecular weight excluding hydrogens is 396 g/mol. The lowest BCUT2D eigenvalue weighted by Crippen LogP contribution is -2.21. The Morgan fingerprint density at radius 1 is 0.931 bits per heavy atom. The van der Waals surface area contributed by atoms with Gasteiger partial charge >= 0.3 is 5.97 Å². The summed E-state index contributed by atoms with van der Waals surface area (Å²) in [6.07, 6.45) is 0.394. The molecule has 0 aliphatic carbocycles. The average Bonchev–Trinajstić information content (AvgIpc) is 2.68. The summed E-state index contributed by atoms with van der Waals surface area (Å²) in [5.41, 5.74) is 1.41. The fraction of sp³-hybridized carbons (Fsp3) is 0.238. The van der Waals surface area contributed by atoms with E-state index < -0.39 is 18.5 Å². The molecule has 0 aromatic heterocycles. The number of nitrogens with one attached hydrogen (secondary N) is 2. The first-order valence-electron chi connectivity index (χ1n) is 8.96. The van der Waals surface area contributed by atoms with E-state index in [4.69, 9.17) is 16.3 Å². The predicted octanol–water partition coefficient (Wildman–Crippen LogP) is 3.83. The second-order valence-corrected chi connectivity index (χ2v) is 6.63. The lowest BCUT2D eigenvalue weighted by atomic mass is 10.1. The molecule has 0 aliphatic heterocycles. The normalized spacial score (nSPS) is 10.1. The molecule has 0 aliphatic rings. The quantitative estimate of drug-likeness (QED) is 0.477. The van der Waals surface area contributed by atoms with E-state index in [-0.39, 0.29) is 31.0 Å². The fourth-order valence-electron chi connectivity index (χ4n) is 2.40. The fourth-order valence-corrected chi connectivity index (χ4v) is 2.58. The van der Waals surface area contributed by atoms with Crippen molar-refractivity contribution in [2.45, 2.75) is 26.2 Å². The van der Waals surface area contributed by atoms with Gasteiger partial charge in [-0.15, -0.1) is 0 Å². The number of ketones is 1. The molecular formula is C21H21ClN2O5. The third kappa shape index (κ3) is 7.75. The molecule has 0 heterocycles. The molecule has 2 rings (SSSR count). The van der Waals surface area contributed by atoms with Crippen LogP contribution >= 0.6 is 11.6 Å². The Hall–Kier alpha value is -3.19. The molecule has 2 N–H and O–H groups in total. The van der Waals surface area contributed by atoms with Gasteiger partial charge in [0.1, 0.15) is 0 Å². The highest BCUT2D eigenvalue weighted by Crippen LogP contribution is 2.20. The van der Waals surface area contributed by atoms with Crippen LogP contribution in [-0.4, -0.2) is 30.2 Å². The number of rotatable bonds is 9. The number of benzene rings is 2. The van der Waals surface area contributed by atoms with E-state index in [9.17, 15) is 19.2 Å². The maximum absolute atomic E-state index is 11.9. The number of carbonyl (C=O) groups is 4. The zero-order valence-corrected chi connectivity index (χ0v) is 16.6. The van der Waals surface area contributed by atoms with Gasteiger partial charge in [0, 0.05) is 24.1 Å². The van der Waals surface area contributed by atoms with E-state index in [1.54, 1.807) is 48.5 Å². The van der Waals surface area contributed by atoms with Crippen molar-refractivity contribution < 1.29 is 23.9 Å². The maximum atomic E-state index is 11.9. The van der Waals surface area contributed by atoms with Crippen molar-refractivity contribution in [2.24, 2.45) is 0 Å². The van der Waals surface area contributed by atoms with Crippen molar-refractivity contribution in [1.29, 1.82) is 0 Å². The second-order valence-electron chi connectivity index (χ2n) is 6.23. The van der Waals surface area contributed by atoms with Crippen LogP contribution in [0.1, 0.15) is 36.5 Å². The monoisotopic (exact) mass is 416 g/mol. The van der Waals surface area contributed by atoms with Gasteiger partial charge in [-0.2, -0.15) is 0 Å². The summed E-state index contributed by atoms with van der Waals surface area (Å²) in [6.45, 7) is 0.979. The first-order chi connectivity index (χ1) is 13.8. The van der Waals surface area contributed by atoms with Crippen LogP contribution in [0.25, 0.3) is 0 Å². The molecule has 0 saturated heterocycles. The first kappa shape index (κ1) is 22.1. The van der Waals surface area contributed by atoms with Crippen LogP contribution in [0.2, 0.25) is 5.02 Å². The number of halogens is 1. The number of anilines is 2. The average molecular weight is 417 g/mol. The van der Waals surface area contributed by atoms with Crippen LogP contribution < -0.4 is 10.6 Å². The number of carbonyl (C=O) groups excluding carboxylic acids is 4. The number of hydrogen-bond donors (Lipinski definition) is 2. The Labute approximate surface area is 173 Å². The summed E-state index contributed by atoms with van der Waals surface area (Å²) >= 11 is 5.96. The molecule has 0 saturated carbocycles. The van der Waals surface area contributed by atoms with E-state index in [0.717, 1.165) is 0 Å². The van der Waals surface area contributed by atoms with Gasteiger partial charge in [0.25, 0.3) is 5.91 Å². The van der Waals surface area contributed by atoms with Gasteiger partial charge in [0.05, 0.1) is 10.7 Å². The lowest BCUT2D eigenvalue weighted by Gasteiger charge is -2.08. The number of ether oxygens (including phenoxy) is 1. The number of hydrogen-bond acceptors (Lipinski definition) is 5. The molecule has 29 heavy (non-hydrogen) atoms. The van der Waals surface area contributed by atoms with E-state index in [0.29, 0.717) is 22.0 Å². The molecule has 8 heteroatoms. The zero-order valence-electron chi connectivity index (χ0n) is 15.9. The van der Waals surface area contributed by atoms with Gasteiger partial charge in [-0.25, -0.2) is 0 Å². The molecule has 0 unspecified atom stereocenters. The predicted molar refractivity (Wildman–Crippen MR) is 110 cm³/mol. The van der Waals surface area contributed by atoms with Gasteiger partial charge in [-0.05, 0) is 37.6 Å². The summed E-state index contributed by atoms with van der Waals surface area (Å²) in [7, 11) is 0. The highest BCUT2D eigenvalue weighted by atomic mass is 35.5. The molecule has 0 atom stereocenters. The summed E-state index contributed by atoms with van der Waals surface area (Å²) < 4.78 is 4.90. The van der Waals surface area contributed by atoms with Crippen LogP contribution in [0.15, 0.2) is 48.5 Å². The van der Waals surface area contributed by atoms with E-state index >= 15 is 0 Å². The number of esters is 1. The van der Waals surface area contributed by atoms with Crippen molar-refractivity contribution in [3.05, 3.63) is 59.1 Å². The van der Waals surface area contributed by atoms with Crippen LogP contribution in [-0.2, 0) is 19.1 Å². The van der Waals surface area contributed by atoms with Crippen LogP contribution in [0.5, 0.6) is 0 Å². The van der Waals surface area contributed by atoms with Crippen LogP contribution in [0, 0.1) is 0 Å². The molecule has 0 radical (unpaired) electrons. The van der Waals surface area contributed by atoms with Gasteiger partial charge in [-0.3, -0.25) is 19.2 Å². The minimum atomic E-state index is -0.580. The highest BCUT2D eigenvalue weighted by molar-refractivity contribution is 6.33. The Morgan fingerprint density at radius 2 is 1.69 bits per heavy atom. The SMILES string of the molecule is CC(=O)c1cccc(NC(=O)COC(=O)CCCC(=O)Nc2ccccc2Cl)c1. The van der Waals surface area contributed by atoms with Crippen molar-refractivity contribution in [3.63, 3.8) is 0 Å². The molecule has 0 bridgehead atoms. The van der Waals surface area contributed by atoms with Crippen molar-refractivity contribution in [2.75, 3.05) is 17.2 Å². The van der Waals surface area contributed by atoms with E-state index in [1.807, 2.05) is 0 Å². The van der Waals surface area contributed by atoms with Crippen molar-refractivity contribution in [3.8, 4) is 0 Å². The third-order valence-electron chi connectivity index (χ3n) is 3.85. The first-order valence-corrected chi connectivity index (χ1v) is 9.34. The lowest BCUT2D eigenvalue weighted by molar-refractivity contribution is -0.147. The Morgan fingerprint density at radius 3 is 2.41 bits per heavy atom. The Bertz CT molecular complexity index is 913. The zero-order chi connectivity index (χ0) is 21.2. The van der Waals surface area contributed by atoms with E-state index in [2.05, 4.69) is 10.6 Å². The largest absolute Gasteiger partial charge is 0.456 e. The number of amides is 2. The smallest absolute Gasteiger partial charge is 0.306 e. The number of Topliss-reactive ketones (excluding diaryl/α,β-unsaturated/α-hetero) is 1.